The van der Waals surface area contributed by atoms with Gasteiger partial charge in [-0.05, 0) is 31.8 Å². The molecule has 3 saturated heterocycles. The van der Waals surface area contributed by atoms with E-state index in [-0.39, 0.29) is 23.8 Å². The minimum Gasteiger partial charge on any atom is -0.346 e. The van der Waals surface area contributed by atoms with Crippen LogP contribution in [-0.4, -0.2) is 52.2 Å². The van der Waals surface area contributed by atoms with E-state index in [9.17, 15) is 9.59 Å². The maximum atomic E-state index is 12.5. The van der Waals surface area contributed by atoms with Crippen molar-refractivity contribution in [1.29, 1.82) is 0 Å². The number of carbonyl (C=O) groups excluding carboxylic acids is 2. The van der Waals surface area contributed by atoms with Crippen molar-refractivity contribution in [3.63, 3.8) is 0 Å². The third-order valence-corrected chi connectivity index (χ3v) is 4.86. The molecule has 4 heterocycles. The average molecular weight is 319 g/mol. The fourth-order valence-electron chi connectivity index (χ4n) is 3.34. The largest absolute Gasteiger partial charge is 0.346 e. The first-order valence-corrected chi connectivity index (χ1v) is 8.32. The molecule has 0 saturated carbocycles. The molecule has 1 aromatic rings. The van der Waals surface area contributed by atoms with Gasteiger partial charge >= 0.3 is 0 Å². The molecule has 0 aromatic carbocycles. The molecule has 0 spiro atoms. The summed E-state index contributed by atoms with van der Waals surface area (Å²) in [5.74, 6) is 0.756. The summed E-state index contributed by atoms with van der Waals surface area (Å²) in [4.78, 5) is 26.6. The summed E-state index contributed by atoms with van der Waals surface area (Å²) >= 11 is 0. The fourth-order valence-corrected chi connectivity index (χ4v) is 3.34. The molecule has 7 nitrogen and oxygen atoms in total. The Morgan fingerprint density at radius 3 is 2.57 bits per heavy atom. The number of fused-ring (bicyclic) bond motifs is 3. The van der Waals surface area contributed by atoms with Crippen molar-refractivity contribution >= 4 is 17.6 Å². The van der Waals surface area contributed by atoms with Crippen LogP contribution in [0.15, 0.2) is 6.07 Å². The molecule has 7 heteroatoms. The summed E-state index contributed by atoms with van der Waals surface area (Å²) < 4.78 is 1.53. The highest BCUT2D eigenvalue weighted by Gasteiger charge is 2.35. The maximum absolute atomic E-state index is 12.5. The number of piperidine rings is 3. The van der Waals surface area contributed by atoms with Crippen LogP contribution in [0.3, 0.4) is 0 Å². The molecule has 3 aliphatic heterocycles. The molecule has 2 bridgehead atoms. The summed E-state index contributed by atoms with van der Waals surface area (Å²) in [5.41, 5.74) is 0.350. The SMILES string of the molecule is CC(C)C(=O)Nc1cc(C(=O)NC2CN3CCC2CC3)nn1C. The van der Waals surface area contributed by atoms with Crippen LogP contribution in [0.25, 0.3) is 0 Å². The van der Waals surface area contributed by atoms with Gasteiger partial charge in [0.05, 0.1) is 0 Å². The summed E-state index contributed by atoms with van der Waals surface area (Å²) in [7, 11) is 1.72. The van der Waals surface area contributed by atoms with Crippen molar-refractivity contribution in [3.05, 3.63) is 11.8 Å². The Labute approximate surface area is 136 Å². The molecule has 126 valence electrons. The standard InChI is InChI=1S/C16H25N5O2/c1-10(2)15(22)18-14-8-12(19-20(14)3)16(23)17-13-9-21-6-4-11(13)5-7-21/h8,10-11,13H,4-7,9H2,1-3H3,(H,17,23)(H,18,22). The average Bonchev–Trinajstić information content (AvgIpc) is 2.89. The Hall–Kier alpha value is -1.89. The Kier molecular flexibility index (Phi) is 4.39. The van der Waals surface area contributed by atoms with Gasteiger partial charge in [-0.25, -0.2) is 0 Å². The van der Waals surface area contributed by atoms with Crippen LogP contribution in [0, 0.1) is 11.8 Å². The summed E-state index contributed by atoms with van der Waals surface area (Å²) in [6.45, 7) is 6.87. The van der Waals surface area contributed by atoms with Crippen molar-refractivity contribution < 1.29 is 9.59 Å². The van der Waals surface area contributed by atoms with Gasteiger partial charge in [0.1, 0.15) is 5.82 Å². The second-order valence-electron chi connectivity index (χ2n) is 6.90. The number of hydrogen-bond donors (Lipinski definition) is 2. The lowest BCUT2D eigenvalue weighted by Crippen LogP contribution is -2.57. The van der Waals surface area contributed by atoms with Gasteiger partial charge < -0.3 is 15.5 Å². The summed E-state index contributed by atoms with van der Waals surface area (Å²) in [6, 6.07) is 1.84. The van der Waals surface area contributed by atoms with Gasteiger partial charge in [0.2, 0.25) is 5.91 Å². The Morgan fingerprint density at radius 1 is 1.30 bits per heavy atom. The zero-order valence-corrected chi connectivity index (χ0v) is 14.0. The van der Waals surface area contributed by atoms with Gasteiger partial charge in [-0.3, -0.25) is 14.3 Å². The van der Waals surface area contributed by atoms with Gasteiger partial charge in [-0.1, -0.05) is 13.8 Å². The second kappa shape index (κ2) is 6.31. The van der Waals surface area contributed by atoms with Crippen molar-refractivity contribution in [2.45, 2.75) is 32.7 Å². The van der Waals surface area contributed by atoms with E-state index >= 15 is 0 Å². The molecule has 2 N–H and O–H groups in total. The van der Waals surface area contributed by atoms with Crippen LogP contribution in [-0.2, 0) is 11.8 Å². The number of aromatic nitrogens is 2. The first kappa shape index (κ1) is 16.0. The first-order valence-electron chi connectivity index (χ1n) is 8.32. The number of rotatable bonds is 4. The zero-order valence-electron chi connectivity index (χ0n) is 14.0. The summed E-state index contributed by atoms with van der Waals surface area (Å²) in [5, 5.41) is 10.1. The molecule has 0 radical (unpaired) electrons. The van der Waals surface area contributed by atoms with Gasteiger partial charge in [0.25, 0.3) is 5.91 Å². The number of amides is 2. The predicted molar refractivity (Wildman–Crippen MR) is 87.1 cm³/mol. The Bertz CT molecular complexity index is 602. The highest BCUT2D eigenvalue weighted by molar-refractivity contribution is 5.96. The lowest BCUT2D eigenvalue weighted by Gasteiger charge is -2.44. The van der Waals surface area contributed by atoms with E-state index < -0.39 is 0 Å². The van der Waals surface area contributed by atoms with Gasteiger partial charge in [0.15, 0.2) is 5.69 Å². The number of aryl methyl sites for hydroxylation is 1. The summed E-state index contributed by atoms with van der Waals surface area (Å²) in [6.07, 6.45) is 2.31. The van der Waals surface area contributed by atoms with Gasteiger partial charge in [-0.2, -0.15) is 5.10 Å². The van der Waals surface area contributed by atoms with E-state index in [0.29, 0.717) is 17.4 Å². The zero-order chi connectivity index (χ0) is 16.6. The molecule has 3 aliphatic rings. The molecule has 4 rings (SSSR count). The van der Waals surface area contributed by atoms with Crippen LogP contribution in [0.1, 0.15) is 37.2 Å². The highest BCUT2D eigenvalue weighted by Crippen LogP contribution is 2.27. The number of anilines is 1. The number of hydrogen-bond acceptors (Lipinski definition) is 4. The smallest absolute Gasteiger partial charge is 0.272 e. The minimum atomic E-state index is -0.163. The Morgan fingerprint density at radius 2 is 2.00 bits per heavy atom. The molecule has 1 unspecified atom stereocenters. The van der Waals surface area contributed by atoms with E-state index in [1.165, 1.54) is 4.68 Å². The van der Waals surface area contributed by atoms with Crippen molar-refractivity contribution in [2.75, 3.05) is 25.0 Å². The van der Waals surface area contributed by atoms with Gasteiger partial charge in [-0.15, -0.1) is 0 Å². The second-order valence-corrected chi connectivity index (χ2v) is 6.90. The monoisotopic (exact) mass is 319 g/mol. The molecular weight excluding hydrogens is 294 g/mol. The predicted octanol–water partition coefficient (Wildman–Crippen LogP) is 0.839. The third kappa shape index (κ3) is 3.39. The molecule has 3 fully saturated rings. The van der Waals surface area contributed by atoms with Crippen molar-refractivity contribution in [3.8, 4) is 0 Å². The molecule has 1 aromatic heterocycles. The van der Waals surface area contributed by atoms with Crippen molar-refractivity contribution in [1.82, 2.24) is 20.0 Å². The van der Waals surface area contributed by atoms with E-state index in [4.69, 9.17) is 0 Å². The van der Waals surface area contributed by atoms with E-state index in [2.05, 4.69) is 20.6 Å². The van der Waals surface area contributed by atoms with E-state index in [1.54, 1.807) is 13.1 Å². The van der Waals surface area contributed by atoms with Gasteiger partial charge in [0, 0.05) is 31.6 Å². The number of carbonyl (C=O) groups is 2. The lowest BCUT2D eigenvalue weighted by atomic mass is 9.84. The molecule has 23 heavy (non-hydrogen) atoms. The van der Waals surface area contributed by atoms with E-state index in [0.717, 1.165) is 32.5 Å². The molecule has 2 amide bonds. The first-order chi connectivity index (χ1) is 10.9. The molecular formula is C16H25N5O2. The molecule has 1 atom stereocenters. The fraction of sp³-hybridized carbons (Fsp3) is 0.688. The highest BCUT2D eigenvalue weighted by atomic mass is 16.2. The third-order valence-electron chi connectivity index (χ3n) is 4.86. The van der Waals surface area contributed by atoms with Crippen LogP contribution in [0.5, 0.6) is 0 Å². The quantitative estimate of drug-likeness (QED) is 0.862. The normalized spacial score (nSPS) is 26.3. The van der Waals surface area contributed by atoms with Crippen LogP contribution < -0.4 is 10.6 Å². The Balaban J connectivity index is 1.65. The molecule has 0 aliphatic carbocycles. The number of nitrogens with one attached hydrogen (secondary N) is 2. The van der Waals surface area contributed by atoms with E-state index in [1.807, 2.05) is 13.8 Å². The topological polar surface area (TPSA) is 79.3 Å². The van der Waals surface area contributed by atoms with Crippen LogP contribution in [0.2, 0.25) is 0 Å². The maximum Gasteiger partial charge on any atom is 0.272 e. The minimum absolute atomic E-state index is 0.0858. The lowest BCUT2D eigenvalue weighted by molar-refractivity contribution is -0.118. The van der Waals surface area contributed by atoms with Crippen LogP contribution in [0.4, 0.5) is 5.82 Å². The number of nitrogens with zero attached hydrogens (tertiary/aromatic N) is 3. The van der Waals surface area contributed by atoms with Crippen molar-refractivity contribution in [2.24, 2.45) is 18.9 Å². The van der Waals surface area contributed by atoms with Crippen LogP contribution >= 0.6 is 0 Å².